The first-order valence-corrected chi connectivity index (χ1v) is 7.74. The van der Waals surface area contributed by atoms with Gasteiger partial charge in [-0.15, -0.1) is 0 Å². The second-order valence-electron chi connectivity index (χ2n) is 7.05. The second-order valence-corrected chi connectivity index (χ2v) is 7.05. The lowest BCUT2D eigenvalue weighted by Crippen LogP contribution is -2.24. The number of nitrogens with two attached hydrogens (primary N) is 1. The van der Waals surface area contributed by atoms with Crippen molar-refractivity contribution in [3.63, 3.8) is 0 Å². The second kappa shape index (κ2) is 5.45. The van der Waals surface area contributed by atoms with Crippen LogP contribution < -0.4 is 11.3 Å². The van der Waals surface area contributed by atoms with Gasteiger partial charge in [0, 0.05) is 6.04 Å². The highest BCUT2D eigenvalue weighted by atomic mass is 16.5. The van der Waals surface area contributed by atoms with Gasteiger partial charge in [-0.05, 0) is 56.9 Å². The molecule has 122 valence electrons. The van der Waals surface area contributed by atoms with Crippen molar-refractivity contribution in [2.24, 2.45) is 11.1 Å². The molecule has 0 amide bonds. The van der Waals surface area contributed by atoms with Gasteiger partial charge in [0.25, 0.3) is 5.56 Å². The Labute approximate surface area is 134 Å². The summed E-state index contributed by atoms with van der Waals surface area (Å²) in [5.41, 5.74) is 8.00. The van der Waals surface area contributed by atoms with Gasteiger partial charge >= 0.3 is 5.97 Å². The van der Waals surface area contributed by atoms with E-state index in [1.54, 1.807) is 20.8 Å². The van der Waals surface area contributed by atoms with Crippen LogP contribution >= 0.6 is 0 Å². The van der Waals surface area contributed by atoms with Crippen LogP contribution in [0.5, 0.6) is 0 Å². The average molecular weight is 315 g/mol. The van der Waals surface area contributed by atoms with Gasteiger partial charge in [-0.25, -0.2) is 4.98 Å². The number of benzene rings is 1. The van der Waals surface area contributed by atoms with Gasteiger partial charge in [-0.2, -0.15) is 0 Å². The number of hydrogen-bond donors (Lipinski definition) is 2. The van der Waals surface area contributed by atoms with Gasteiger partial charge in [0.2, 0.25) is 0 Å². The third kappa shape index (κ3) is 2.99. The van der Waals surface area contributed by atoms with Crippen molar-refractivity contribution in [1.82, 2.24) is 9.97 Å². The zero-order valence-electron chi connectivity index (χ0n) is 13.6. The molecule has 1 aromatic heterocycles. The molecule has 2 aromatic rings. The van der Waals surface area contributed by atoms with E-state index in [1.807, 2.05) is 12.1 Å². The number of nitrogens with zero attached hydrogens (tertiary/aromatic N) is 1. The van der Waals surface area contributed by atoms with Crippen molar-refractivity contribution < 1.29 is 9.53 Å². The number of ether oxygens (including phenoxy) is 1. The lowest BCUT2D eigenvalue weighted by atomic mass is 9.97. The van der Waals surface area contributed by atoms with Crippen molar-refractivity contribution in [1.29, 1.82) is 0 Å². The molecule has 0 spiro atoms. The zero-order chi connectivity index (χ0) is 16.8. The number of carbonyl (C=O) groups excluding carboxylic acids is 1. The van der Waals surface area contributed by atoms with Crippen molar-refractivity contribution in [3.05, 3.63) is 39.4 Å². The van der Waals surface area contributed by atoms with Gasteiger partial charge in [0.15, 0.2) is 0 Å². The molecule has 6 heteroatoms. The van der Waals surface area contributed by atoms with Gasteiger partial charge < -0.3 is 15.5 Å². The number of fused-ring (bicyclic) bond motifs is 2. The van der Waals surface area contributed by atoms with Gasteiger partial charge in [0.05, 0.1) is 16.3 Å². The van der Waals surface area contributed by atoms with Gasteiger partial charge in [-0.3, -0.25) is 9.59 Å². The first kappa shape index (κ1) is 15.7. The molecule has 0 saturated carbocycles. The number of aromatic amines is 1. The van der Waals surface area contributed by atoms with Crippen LogP contribution in [0.25, 0.3) is 10.9 Å². The Morgan fingerprint density at radius 1 is 1.43 bits per heavy atom. The third-order valence-corrected chi connectivity index (χ3v) is 4.09. The van der Waals surface area contributed by atoms with Crippen LogP contribution in [0.15, 0.2) is 16.9 Å². The van der Waals surface area contributed by atoms with Crippen LogP contribution in [0.2, 0.25) is 0 Å². The fourth-order valence-corrected chi connectivity index (χ4v) is 2.74. The van der Waals surface area contributed by atoms with E-state index in [0.717, 1.165) is 24.0 Å². The molecule has 1 aromatic carbocycles. The Morgan fingerprint density at radius 3 is 2.87 bits per heavy atom. The topological polar surface area (TPSA) is 98.1 Å². The predicted molar refractivity (Wildman–Crippen MR) is 86.9 cm³/mol. The number of H-pyrrole nitrogens is 1. The van der Waals surface area contributed by atoms with Gasteiger partial charge in [0.1, 0.15) is 12.4 Å². The molecular weight excluding hydrogens is 294 g/mol. The standard InChI is InChI=1S/C17H21N3O3/c1-17(2,3)16(22)23-8-14-19-13-6-9-4-5-12(18)10(9)7-11(13)15(21)20-14/h6-7,12H,4-5,8,18H2,1-3H3,(H,19,20,21). The van der Waals surface area contributed by atoms with E-state index >= 15 is 0 Å². The number of rotatable bonds is 2. The number of nitrogens with one attached hydrogen (secondary N) is 1. The number of hydrogen-bond acceptors (Lipinski definition) is 5. The Balaban J connectivity index is 1.93. The lowest BCUT2D eigenvalue weighted by Gasteiger charge is -2.16. The summed E-state index contributed by atoms with van der Waals surface area (Å²) in [6, 6.07) is 3.74. The quantitative estimate of drug-likeness (QED) is 0.826. The third-order valence-electron chi connectivity index (χ3n) is 4.09. The average Bonchev–Trinajstić information content (AvgIpc) is 2.83. The molecule has 3 N–H and O–H groups in total. The lowest BCUT2D eigenvalue weighted by molar-refractivity contribution is -0.154. The number of carbonyl (C=O) groups is 1. The maximum atomic E-state index is 12.3. The largest absolute Gasteiger partial charge is 0.457 e. The molecule has 1 heterocycles. The molecule has 0 fully saturated rings. The molecular formula is C17H21N3O3. The van der Waals surface area contributed by atoms with E-state index in [9.17, 15) is 9.59 Å². The minimum Gasteiger partial charge on any atom is -0.457 e. The van der Waals surface area contributed by atoms with E-state index in [-0.39, 0.29) is 24.2 Å². The minimum absolute atomic E-state index is 0.0128. The van der Waals surface area contributed by atoms with Crippen molar-refractivity contribution in [3.8, 4) is 0 Å². The van der Waals surface area contributed by atoms with E-state index in [1.165, 1.54) is 0 Å². The van der Waals surface area contributed by atoms with Crippen molar-refractivity contribution in [2.75, 3.05) is 0 Å². The maximum Gasteiger partial charge on any atom is 0.311 e. The predicted octanol–water partition coefficient (Wildman–Crippen LogP) is 1.96. The highest BCUT2D eigenvalue weighted by molar-refractivity contribution is 5.80. The van der Waals surface area contributed by atoms with Crippen LogP contribution in [-0.2, 0) is 22.6 Å². The summed E-state index contributed by atoms with van der Waals surface area (Å²) in [6.07, 6.45) is 1.79. The van der Waals surface area contributed by atoms with E-state index in [0.29, 0.717) is 16.7 Å². The van der Waals surface area contributed by atoms with E-state index in [4.69, 9.17) is 10.5 Å². The maximum absolute atomic E-state index is 12.3. The number of aryl methyl sites for hydroxylation is 1. The highest BCUT2D eigenvalue weighted by Crippen LogP contribution is 2.31. The Bertz CT molecular complexity index is 833. The summed E-state index contributed by atoms with van der Waals surface area (Å²) in [5.74, 6) is 0.0162. The minimum atomic E-state index is -0.589. The summed E-state index contributed by atoms with van der Waals surface area (Å²) in [6.45, 7) is 5.28. The molecule has 6 nitrogen and oxygen atoms in total. The zero-order valence-corrected chi connectivity index (χ0v) is 13.6. The normalized spacial score (nSPS) is 17.3. The molecule has 1 unspecified atom stereocenters. The number of esters is 1. The molecule has 1 aliphatic carbocycles. The number of aromatic nitrogens is 2. The van der Waals surface area contributed by atoms with Gasteiger partial charge in [-0.1, -0.05) is 0 Å². The molecule has 1 aliphatic rings. The van der Waals surface area contributed by atoms with Crippen LogP contribution in [0.3, 0.4) is 0 Å². The summed E-state index contributed by atoms with van der Waals surface area (Å²) in [5, 5.41) is 0.520. The molecule has 0 saturated heterocycles. The summed E-state index contributed by atoms with van der Waals surface area (Å²) in [7, 11) is 0. The first-order chi connectivity index (χ1) is 10.8. The van der Waals surface area contributed by atoms with E-state index < -0.39 is 5.41 Å². The smallest absolute Gasteiger partial charge is 0.311 e. The molecule has 0 aliphatic heterocycles. The summed E-state index contributed by atoms with van der Waals surface area (Å²) in [4.78, 5) is 31.2. The molecule has 0 radical (unpaired) electrons. The summed E-state index contributed by atoms with van der Waals surface area (Å²) >= 11 is 0. The molecule has 0 bridgehead atoms. The fraction of sp³-hybridized carbons (Fsp3) is 0.471. The molecule has 23 heavy (non-hydrogen) atoms. The van der Waals surface area contributed by atoms with Crippen LogP contribution in [0.1, 0.15) is 50.2 Å². The van der Waals surface area contributed by atoms with E-state index in [2.05, 4.69) is 9.97 Å². The summed E-state index contributed by atoms with van der Waals surface area (Å²) < 4.78 is 5.21. The van der Waals surface area contributed by atoms with Crippen molar-refractivity contribution in [2.45, 2.75) is 46.3 Å². The fourth-order valence-electron chi connectivity index (χ4n) is 2.74. The van der Waals surface area contributed by atoms with Crippen LogP contribution in [-0.4, -0.2) is 15.9 Å². The monoisotopic (exact) mass is 315 g/mol. The Kier molecular flexibility index (Phi) is 3.72. The first-order valence-electron chi connectivity index (χ1n) is 7.74. The highest BCUT2D eigenvalue weighted by Gasteiger charge is 2.24. The SMILES string of the molecule is CC(C)(C)C(=O)OCc1nc2cc3c(cc2c(=O)[nH]1)C(N)CC3. The Morgan fingerprint density at radius 2 is 2.17 bits per heavy atom. The van der Waals surface area contributed by atoms with Crippen LogP contribution in [0, 0.1) is 5.41 Å². The van der Waals surface area contributed by atoms with Crippen LogP contribution in [0.4, 0.5) is 0 Å². The Hall–Kier alpha value is -2.21. The molecule has 3 rings (SSSR count). The molecule has 1 atom stereocenters. The van der Waals surface area contributed by atoms with Crippen molar-refractivity contribution >= 4 is 16.9 Å².